The zero-order valence-corrected chi connectivity index (χ0v) is 18.4. The highest BCUT2D eigenvalue weighted by Crippen LogP contribution is 2.36. The van der Waals surface area contributed by atoms with E-state index >= 15 is 0 Å². The number of alkyl halides is 6. The molecule has 0 aliphatic carbocycles. The van der Waals surface area contributed by atoms with Gasteiger partial charge in [-0.25, -0.2) is 15.0 Å². The molecule has 1 aromatic carbocycles. The van der Waals surface area contributed by atoms with Crippen molar-refractivity contribution >= 4 is 17.4 Å². The Bertz CT molecular complexity index is 1150. The molecule has 13 heteroatoms. The average molecular weight is 507 g/mol. The Morgan fingerprint density at radius 1 is 0.971 bits per heavy atom. The highest BCUT2D eigenvalue weighted by Gasteiger charge is 2.37. The van der Waals surface area contributed by atoms with Gasteiger partial charge in [-0.15, -0.1) is 0 Å². The first kappa shape index (κ1) is 25.3. The van der Waals surface area contributed by atoms with Crippen LogP contribution < -0.4 is 14.8 Å². The summed E-state index contributed by atoms with van der Waals surface area (Å²) >= 11 is 5.81. The molecule has 34 heavy (non-hydrogen) atoms. The van der Waals surface area contributed by atoms with Crippen molar-refractivity contribution in [1.29, 1.82) is 0 Å². The first-order chi connectivity index (χ1) is 15.9. The van der Waals surface area contributed by atoms with Crippen molar-refractivity contribution in [2.24, 2.45) is 0 Å². The zero-order chi connectivity index (χ0) is 25.1. The Balaban J connectivity index is 1.68. The van der Waals surface area contributed by atoms with Crippen LogP contribution in [0.1, 0.15) is 22.6 Å². The number of halogens is 7. The second kappa shape index (κ2) is 9.92. The van der Waals surface area contributed by atoms with Crippen LogP contribution in [0.4, 0.5) is 32.2 Å². The van der Waals surface area contributed by atoms with Gasteiger partial charge in [0.2, 0.25) is 5.88 Å². The number of nitrogens with zero attached hydrogens (tertiary/aromatic N) is 3. The van der Waals surface area contributed by atoms with E-state index in [-0.39, 0.29) is 35.6 Å². The molecule has 0 aliphatic heterocycles. The smallest absolute Gasteiger partial charge is 0.435 e. The number of anilines is 1. The normalized spacial score (nSPS) is 11.9. The summed E-state index contributed by atoms with van der Waals surface area (Å²) in [5, 5.41) is 2.15. The molecule has 182 valence electrons. The fourth-order valence-electron chi connectivity index (χ4n) is 2.86. The van der Waals surface area contributed by atoms with Crippen LogP contribution in [0.3, 0.4) is 0 Å². The lowest BCUT2D eigenvalue weighted by Gasteiger charge is -2.14. The van der Waals surface area contributed by atoms with E-state index in [2.05, 4.69) is 20.3 Å². The minimum atomic E-state index is -4.72. The van der Waals surface area contributed by atoms with Gasteiger partial charge in [0.25, 0.3) is 0 Å². The predicted molar refractivity (Wildman–Crippen MR) is 111 cm³/mol. The first-order valence-corrected chi connectivity index (χ1v) is 9.99. The van der Waals surface area contributed by atoms with Crippen LogP contribution in [0.2, 0.25) is 5.02 Å². The quantitative estimate of drug-likeness (QED) is 0.378. The molecular weight excluding hydrogens is 490 g/mol. The van der Waals surface area contributed by atoms with Crippen molar-refractivity contribution in [1.82, 2.24) is 15.0 Å². The van der Waals surface area contributed by atoms with E-state index < -0.39 is 28.6 Å². The summed E-state index contributed by atoms with van der Waals surface area (Å²) in [5.74, 6) is 0.223. The van der Waals surface area contributed by atoms with Crippen molar-refractivity contribution in [3.05, 3.63) is 64.2 Å². The third-order valence-electron chi connectivity index (χ3n) is 4.44. The molecule has 0 spiro atoms. The molecule has 6 nitrogen and oxygen atoms in total. The Hall–Kier alpha value is -3.28. The van der Waals surface area contributed by atoms with E-state index in [1.165, 1.54) is 20.1 Å². The molecule has 0 radical (unpaired) electrons. The lowest BCUT2D eigenvalue weighted by Crippen LogP contribution is -2.15. The Morgan fingerprint density at radius 3 is 2.29 bits per heavy atom. The summed E-state index contributed by atoms with van der Waals surface area (Å²) in [5.41, 5.74) is -1.39. The summed E-state index contributed by atoms with van der Waals surface area (Å²) in [6, 6.07) is 6.76. The van der Waals surface area contributed by atoms with Crippen LogP contribution in [-0.4, -0.2) is 28.6 Å². The van der Waals surface area contributed by atoms with Gasteiger partial charge in [-0.2, -0.15) is 26.3 Å². The molecule has 0 unspecified atom stereocenters. The van der Waals surface area contributed by atoms with Crippen molar-refractivity contribution in [2.45, 2.75) is 25.7 Å². The van der Waals surface area contributed by atoms with E-state index in [0.29, 0.717) is 12.6 Å². The molecule has 2 heterocycles. The molecule has 0 saturated carbocycles. The van der Waals surface area contributed by atoms with Crippen molar-refractivity contribution in [3.63, 3.8) is 0 Å². The van der Waals surface area contributed by atoms with Gasteiger partial charge in [-0.05, 0) is 37.1 Å². The molecule has 1 N–H and O–H groups in total. The lowest BCUT2D eigenvalue weighted by atomic mass is 10.1. The summed E-state index contributed by atoms with van der Waals surface area (Å²) in [7, 11) is 1.38. The SMILES string of the molecule is COc1cc(CCNc2nc(C)nc(C(F)(F)F)c2Cl)ccc1Oc1ccc(C(F)(F)F)cn1. The maximum absolute atomic E-state index is 13.1. The minimum absolute atomic E-state index is 0.0602. The van der Waals surface area contributed by atoms with E-state index in [1.54, 1.807) is 12.1 Å². The number of rotatable bonds is 7. The van der Waals surface area contributed by atoms with Gasteiger partial charge in [-0.3, -0.25) is 0 Å². The van der Waals surface area contributed by atoms with E-state index in [9.17, 15) is 26.3 Å². The number of nitrogens with one attached hydrogen (secondary N) is 1. The summed E-state index contributed by atoms with van der Waals surface area (Å²) in [6.45, 7) is 1.52. The Kier molecular flexibility index (Phi) is 7.39. The van der Waals surface area contributed by atoms with Crippen LogP contribution in [0, 0.1) is 6.92 Å². The Morgan fingerprint density at radius 2 is 1.71 bits per heavy atom. The molecule has 0 amide bonds. The summed E-state index contributed by atoms with van der Waals surface area (Å²) in [6.07, 6.45) is -8.21. The molecule has 0 aliphatic rings. The van der Waals surface area contributed by atoms with Gasteiger partial charge in [0.15, 0.2) is 17.2 Å². The largest absolute Gasteiger partial charge is 0.493 e. The molecule has 0 bridgehead atoms. The standard InChI is InChI=1S/C21H17ClF6N4O2/c1-11-31-18(21(26,27)28)17(22)19(32-11)29-8-7-12-3-5-14(15(9-12)33-2)34-16-6-4-13(10-30-16)20(23,24)25/h3-6,9-10H,7-8H2,1-2H3,(H,29,31,32). The number of hydrogen-bond donors (Lipinski definition) is 1. The maximum atomic E-state index is 13.1. The molecule has 0 atom stereocenters. The van der Waals surface area contributed by atoms with Crippen LogP contribution in [-0.2, 0) is 18.8 Å². The van der Waals surface area contributed by atoms with Gasteiger partial charge in [-0.1, -0.05) is 17.7 Å². The average Bonchev–Trinajstić information content (AvgIpc) is 2.75. The van der Waals surface area contributed by atoms with Crippen molar-refractivity contribution in [3.8, 4) is 17.4 Å². The van der Waals surface area contributed by atoms with Crippen molar-refractivity contribution < 1.29 is 35.8 Å². The van der Waals surface area contributed by atoms with Crippen LogP contribution >= 0.6 is 11.6 Å². The maximum Gasteiger partial charge on any atom is 0.435 e. The molecular formula is C21H17ClF6N4O2. The van der Waals surface area contributed by atoms with Crippen molar-refractivity contribution in [2.75, 3.05) is 19.0 Å². The Labute approximate surface area is 194 Å². The molecule has 3 rings (SSSR count). The fraction of sp³-hybridized carbons (Fsp3) is 0.286. The number of aryl methyl sites for hydroxylation is 1. The van der Waals surface area contributed by atoms with Crippen LogP contribution in [0.15, 0.2) is 36.5 Å². The third-order valence-corrected chi connectivity index (χ3v) is 4.80. The minimum Gasteiger partial charge on any atom is -0.493 e. The highest BCUT2D eigenvalue weighted by atomic mass is 35.5. The van der Waals surface area contributed by atoms with E-state index in [1.807, 2.05) is 0 Å². The van der Waals surface area contributed by atoms with Gasteiger partial charge in [0.05, 0.1) is 12.7 Å². The number of hydrogen-bond acceptors (Lipinski definition) is 6. The summed E-state index contributed by atoms with van der Waals surface area (Å²) in [4.78, 5) is 10.9. The fourth-order valence-corrected chi connectivity index (χ4v) is 3.12. The highest BCUT2D eigenvalue weighted by molar-refractivity contribution is 6.33. The first-order valence-electron chi connectivity index (χ1n) is 9.61. The molecule has 2 aromatic heterocycles. The number of benzene rings is 1. The van der Waals surface area contributed by atoms with Gasteiger partial charge in [0.1, 0.15) is 16.7 Å². The summed E-state index contributed by atoms with van der Waals surface area (Å²) < 4.78 is 88.0. The topological polar surface area (TPSA) is 69.2 Å². The van der Waals surface area contributed by atoms with Crippen LogP contribution in [0.25, 0.3) is 0 Å². The predicted octanol–water partition coefficient (Wildman–Crippen LogP) is 6.33. The van der Waals surface area contributed by atoms with Crippen LogP contribution in [0.5, 0.6) is 17.4 Å². The second-order valence-electron chi connectivity index (χ2n) is 6.93. The molecule has 0 fully saturated rings. The van der Waals surface area contributed by atoms with E-state index in [4.69, 9.17) is 21.1 Å². The lowest BCUT2D eigenvalue weighted by molar-refractivity contribution is -0.141. The number of aromatic nitrogens is 3. The molecule has 3 aromatic rings. The van der Waals surface area contributed by atoms with Gasteiger partial charge in [0, 0.05) is 18.8 Å². The number of methoxy groups -OCH3 is 1. The molecule has 0 saturated heterocycles. The van der Waals surface area contributed by atoms with Gasteiger partial charge >= 0.3 is 12.4 Å². The van der Waals surface area contributed by atoms with Gasteiger partial charge < -0.3 is 14.8 Å². The monoisotopic (exact) mass is 506 g/mol. The zero-order valence-electron chi connectivity index (χ0n) is 17.7. The number of pyridine rings is 1. The number of ether oxygens (including phenoxy) is 2. The third kappa shape index (κ3) is 6.19. The van der Waals surface area contributed by atoms with E-state index in [0.717, 1.165) is 17.7 Å². The second-order valence-corrected chi connectivity index (χ2v) is 7.30.